The fourth-order valence-corrected chi connectivity index (χ4v) is 6.76. The predicted octanol–water partition coefficient (Wildman–Crippen LogP) is 5.78. The lowest BCUT2D eigenvalue weighted by Gasteiger charge is -2.37. The van der Waals surface area contributed by atoms with Gasteiger partial charge >= 0.3 is 0 Å². The summed E-state index contributed by atoms with van der Waals surface area (Å²) in [5.41, 5.74) is 8.31. The maximum absolute atomic E-state index is 15.4. The van der Waals surface area contributed by atoms with Gasteiger partial charge < -0.3 is 15.2 Å². The van der Waals surface area contributed by atoms with Gasteiger partial charge in [-0.1, -0.05) is 11.2 Å². The summed E-state index contributed by atoms with van der Waals surface area (Å²) in [6.07, 6.45) is 3.38. The summed E-state index contributed by atoms with van der Waals surface area (Å²) in [5.74, 6) is -1.28. The number of hydrogen-bond donors (Lipinski definition) is 1. The highest BCUT2D eigenvalue weighted by molar-refractivity contribution is 7.18. The molecule has 2 fully saturated rings. The Morgan fingerprint density at radius 2 is 1.89 bits per heavy atom. The molecule has 2 unspecified atom stereocenters. The van der Waals surface area contributed by atoms with Gasteiger partial charge in [-0.05, 0) is 68.5 Å². The topological polar surface area (TPSA) is 96.2 Å². The maximum Gasteiger partial charge on any atom is 0.264 e. The van der Waals surface area contributed by atoms with Crippen molar-refractivity contribution in [2.24, 2.45) is 5.73 Å². The van der Waals surface area contributed by atoms with E-state index in [-0.39, 0.29) is 35.2 Å². The molecule has 0 saturated carbocycles. The minimum absolute atomic E-state index is 0.0854. The van der Waals surface area contributed by atoms with Crippen molar-refractivity contribution in [3.05, 3.63) is 64.2 Å². The first-order chi connectivity index (χ1) is 17.3. The predicted molar refractivity (Wildman–Crippen MR) is 132 cm³/mol. The molecule has 6 nitrogen and oxygen atoms in total. The average molecular weight is 505 g/mol. The fourth-order valence-electron chi connectivity index (χ4n) is 5.61. The Morgan fingerprint density at radius 1 is 1.14 bits per heavy atom. The van der Waals surface area contributed by atoms with E-state index in [4.69, 9.17) is 15.5 Å². The molecule has 182 valence electrons. The van der Waals surface area contributed by atoms with Gasteiger partial charge in [0.2, 0.25) is 0 Å². The molecule has 2 bridgehead atoms. The van der Waals surface area contributed by atoms with Gasteiger partial charge in [0.15, 0.2) is 5.58 Å². The summed E-state index contributed by atoms with van der Waals surface area (Å²) in [4.78, 5) is 16.6. The Kier molecular flexibility index (Phi) is 5.39. The number of halogens is 2. The summed E-state index contributed by atoms with van der Waals surface area (Å²) in [6.45, 7) is 1.73. The molecular weight excluding hydrogens is 482 g/mol. The van der Waals surface area contributed by atoms with E-state index in [2.05, 4.69) is 5.16 Å². The number of aryl methyl sites for hydroxylation is 1. The second kappa shape index (κ2) is 8.50. The Hall–Kier alpha value is -3.61. The van der Waals surface area contributed by atoms with E-state index in [1.54, 1.807) is 25.1 Å². The lowest BCUT2D eigenvalue weighted by atomic mass is 9.97. The molecule has 6 rings (SSSR count). The number of benzene rings is 2. The number of nitriles is 1. The van der Waals surface area contributed by atoms with Crippen LogP contribution in [0.1, 0.15) is 46.6 Å². The quantitative estimate of drug-likeness (QED) is 0.382. The summed E-state index contributed by atoms with van der Waals surface area (Å²) in [6, 6.07) is 11.0. The van der Waals surface area contributed by atoms with Gasteiger partial charge in [-0.2, -0.15) is 5.26 Å². The third kappa shape index (κ3) is 3.60. The standard InChI is InChI=1S/C27H22F2N4O2S/c1-13-19-9-23(29)21(10-24(19)35-32-13)26-20(14-2-3-15(12-30)22(28)6-14)11-25(36-26)27(34)33-17-4-5-18(33)8-16(31)7-17/h2-3,6,9-11,16-18H,4-5,7-8,31H2,1H3. The van der Waals surface area contributed by atoms with Gasteiger partial charge in [0, 0.05) is 39.5 Å². The van der Waals surface area contributed by atoms with E-state index in [1.807, 2.05) is 11.0 Å². The number of amides is 1. The molecule has 2 N–H and O–H groups in total. The van der Waals surface area contributed by atoms with E-state index in [9.17, 15) is 9.18 Å². The molecule has 2 aromatic carbocycles. The summed E-state index contributed by atoms with van der Waals surface area (Å²) >= 11 is 1.18. The minimum atomic E-state index is -0.676. The van der Waals surface area contributed by atoms with Gasteiger partial charge in [-0.3, -0.25) is 4.79 Å². The number of rotatable bonds is 3. The molecule has 2 aromatic heterocycles. The highest BCUT2D eigenvalue weighted by atomic mass is 32.1. The zero-order valence-corrected chi connectivity index (χ0v) is 20.2. The van der Waals surface area contributed by atoms with Crippen molar-refractivity contribution >= 4 is 28.2 Å². The van der Waals surface area contributed by atoms with Crippen LogP contribution in [0.2, 0.25) is 0 Å². The smallest absolute Gasteiger partial charge is 0.264 e. The zero-order chi connectivity index (χ0) is 25.1. The SMILES string of the molecule is Cc1noc2cc(-c3sc(C(=O)N4C5CCC4CC(N)C5)cc3-c3ccc(C#N)c(F)c3)c(F)cc12. The Bertz CT molecular complexity index is 1560. The number of nitrogens with two attached hydrogens (primary N) is 1. The molecule has 2 saturated heterocycles. The number of nitrogens with zero attached hydrogens (tertiary/aromatic N) is 3. The van der Waals surface area contributed by atoms with E-state index in [0.717, 1.165) is 25.7 Å². The van der Waals surface area contributed by atoms with Gasteiger partial charge in [0.1, 0.15) is 17.7 Å². The van der Waals surface area contributed by atoms with Crippen LogP contribution >= 0.6 is 11.3 Å². The molecule has 4 heterocycles. The van der Waals surface area contributed by atoms with Crippen LogP contribution in [-0.2, 0) is 0 Å². The van der Waals surface area contributed by atoms with Crippen LogP contribution in [0, 0.1) is 29.9 Å². The molecule has 36 heavy (non-hydrogen) atoms. The van der Waals surface area contributed by atoms with Crippen LogP contribution < -0.4 is 5.73 Å². The number of thiophene rings is 1. The van der Waals surface area contributed by atoms with E-state index in [0.29, 0.717) is 37.5 Å². The first-order valence-corrected chi connectivity index (χ1v) is 12.6. The number of hydrogen-bond acceptors (Lipinski definition) is 6. The largest absolute Gasteiger partial charge is 0.356 e. The Labute approximate surface area is 209 Å². The van der Waals surface area contributed by atoms with Gasteiger partial charge in [0.05, 0.1) is 16.1 Å². The molecule has 2 aliphatic heterocycles. The zero-order valence-electron chi connectivity index (χ0n) is 19.4. The Morgan fingerprint density at radius 3 is 2.58 bits per heavy atom. The van der Waals surface area contributed by atoms with Gasteiger partial charge in [-0.15, -0.1) is 11.3 Å². The second-order valence-corrected chi connectivity index (χ2v) is 10.6. The number of carbonyl (C=O) groups is 1. The highest BCUT2D eigenvalue weighted by Gasteiger charge is 2.43. The number of piperidine rings is 1. The van der Waals surface area contributed by atoms with Crippen molar-refractivity contribution in [2.45, 2.75) is 50.7 Å². The molecule has 0 aliphatic carbocycles. The maximum atomic E-state index is 15.4. The Balaban J connectivity index is 1.50. The van der Waals surface area contributed by atoms with E-state index < -0.39 is 11.6 Å². The molecule has 9 heteroatoms. The number of aromatic nitrogens is 1. The molecule has 1 amide bonds. The van der Waals surface area contributed by atoms with Crippen molar-refractivity contribution in [2.75, 3.05) is 0 Å². The lowest BCUT2D eigenvalue weighted by molar-refractivity contribution is 0.0580. The van der Waals surface area contributed by atoms with E-state index in [1.165, 1.54) is 29.5 Å². The lowest BCUT2D eigenvalue weighted by Crippen LogP contribution is -2.49. The van der Waals surface area contributed by atoms with E-state index >= 15 is 4.39 Å². The van der Waals surface area contributed by atoms with Crippen LogP contribution in [0.25, 0.3) is 32.5 Å². The summed E-state index contributed by atoms with van der Waals surface area (Å²) in [5, 5.41) is 13.6. The van der Waals surface area contributed by atoms with Crippen molar-refractivity contribution in [3.63, 3.8) is 0 Å². The monoisotopic (exact) mass is 504 g/mol. The first-order valence-electron chi connectivity index (χ1n) is 11.8. The van der Waals surface area contributed by atoms with Crippen molar-refractivity contribution in [1.82, 2.24) is 10.1 Å². The van der Waals surface area contributed by atoms with Crippen LogP contribution in [-0.4, -0.2) is 34.1 Å². The van der Waals surface area contributed by atoms with Gasteiger partial charge in [0.25, 0.3) is 5.91 Å². The van der Waals surface area contributed by atoms with Gasteiger partial charge in [-0.25, -0.2) is 8.78 Å². The number of carbonyl (C=O) groups excluding carboxylic acids is 1. The molecule has 0 radical (unpaired) electrons. The van der Waals surface area contributed by atoms with Crippen molar-refractivity contribution < 1.29 is 18.1 Å². The molecular formula is C27H22F2N4O2S. The normalized spacial score (nSPS) is 21.2. The molecule has 0 spiro atoms. The molecule has 2 aliphatic rings. The van der Waals surface area contributed by atoms with Crippen LogP contribution in [0.5, 0.6) is 0 Å². The van der Waals surface area contributed by atoms with Crippen molar-refractivity contribution in [3.8, 4) is 27.6 Å². The van der Waals surface area contributed by atoms with Crippen LogP contribution in [0.4, 0.5) is 8.78 Å². The third-order valence-corrected chi connectivity index (χ3v) is 8.49. The minimum Gasteiger partial charge on any atom is -0.356 e. The third-order valence-electron chi connectivity index (χ3n) is 7.33. The van der Waals surface area contributed by atoms with Crippen molar-refractivity contribution in [1.29, 1.82) is 5.26 Å². The summed E-state index contributed by atoms with van der Waals surface area (Å²) in [7, 11) is 0. The fraction of sp³-hybridized carbons (Fsp3) is 0.296. The van der Waals surface area contributed by atoms with Crippen LogP contribution in [0.3, 0.4) is 0 Å². The summed E-state index contributed by atoms with van der Waals surface area (Å²) < 4.78 is 35.3. The molecule has 4 aromatic rings. The highest BCUT2D eigenvalue weighted by Crippen LogP contribution is 2.44. The van der Waals surface area contributed by atoms with Crippen LogP contribution in [0.15, 0.2) is 40.9 Å². The number of fused-ring (bicyclic) bond motifs is 3. The first kappa shape index (κ1) is 22.8. The molecule has 2 atom stereocenters. The second-order valence-electron chi connectivity index (χ2n) is 9.58. The average Bonchev–Trinajstić information content (AvgIpc) is 3.53.